The third-order valence-electron chi connectivity index (χ3n) is 2.93. The normalized spacial score (nSPS) is 11.7. The molecule has 0 saturated carbocycles. The monoisotopic (exact) mass is 264 g/mol. The third-order valence-corrected chi connectivity index (χ3v) is 3.72. The lowest BCUT2D eigenvalue weighted by Crippen LogP contribution is -2.37. The fourth-order valence-electron chi connectivity index (χ4n) is 1.51. The van der Waals surface area contributed by atoms with Crippen LogP contribution in [0.5, 0.6) is 0 Å². The van der Waals surface area contributed by atoms with Crippen LogP contribution in [-0.4, -0.2) is 17.4 Å². The van der Waals surface area contributed by atoms with Gasteiger partial charge in [-0.1, -0.05) is 0 Å². The molecule has 5 nitrogen and oxygen atoms in total. The van der Waals surface area contributed by atoms with Crippen molar-refractivity contribution in [2.24, 2.45) is 11.1 Å². The van der Waals surface area contributed by atoms with Crippen LogP contribution in [0.25, 0.3) is 10.2 Å². The summed E-state index contributed by atoms with van der Waals surface area (Å²) in [6, 6.07) is 3.86. The number of nitrogens with two attached hydrogens (primary N) is 2. The van der Waals surface area contributed by atoms with E-state index in [0.29, 0.717) is 12.2 Å². The molecule has 1 aromatic heterocycles. The second kappa shape index (κ2) is 4.45. The van der Waals surface area contributed by atoms with Crippen molar-refractivity contribution in [2.75, 3.05) is 17.6 Å². The summed E-state index contributed by atoms with van der Waals surface area (Å²) in [5.74, 6) is -0.344. The van der Waals surface area contributed by atoms with Crippen LogP contribution >= 0.6 is 11.3 Å². The number of nitrogens with one attached hydrogen (secondary N) is 1. The molecule has 1 aromatic carbocycles. The smallest absolute Gasteiger partial charge is 0.224 e. The highest BCUT2D eigenvalue weighted by molar-refractivity contribution is 7.16. The van der Waals surface area contributed by atoms with E-state index in [1.54, 1.807) is 30.7 Å². The number of primary amides is 1. The molecule has 0 fully saturated rings. The molecule has 0 bridgehead atoms. The molecule has 0 spiro atoms. The Bertz CT molecular complexity index is 591. The molecule has 2 rings (SSSR count). The van der Waals surface area contributed by atoms with Crippen molar-refractivity contribution in [3.05, 3.63) is 17.6 Å². The maximum Gasteiger partial charge on any atom is 0.224 e. The van der Waals surface area contributed by atoms with Gasteiger partial charge in [0.1, 0.15) is 5.52 Å². The van der Waals surface area contributed by atoms with Gasteiger partial charge in [-0.15, -0.1) is 11.3 Å². The molecule has 0 atom stereocenters. The van der Waals surface area contributed by atoms with Crippen molar-refractivity contribution in [1.29, 1.82) is 0 Å². The van der Waals surface area contributed by atoms with Crippen LogP contribution in [0.1, 0.15) is 13.8 Å². The van der Waals surface area contributed by atoms with E-state index in [1.807, 2.05) is 12.1 Å². The average molecular weight is 264 g/mol. The molecule has 0 radical (unpaired) electrons. The highest BCUT2D eigenvalue weighted by Crippen LogP contribution is 2.30. The van der Waals surface area contributed by atoms with Crippen molar-refractivity contribution in [1.82, 2.24) is 4.98 Å². The fraction of sp³-hybridized carbons (Fsp3) is 0.333. The topological polar surface area (TPSA) is 94.0 Å². The number of hydrogen-bond donors (Lipinski definition) is 3. The van der Waals surface area contributed by atoms with E-state index in [2.05, 4.69) is 10.3 Å². The van der Waals surface area contributed by atoms with Gasteiger partial charge in [-0.25, -0.2) is 4.98 Å². The van der Waals surface area contributed by atoms with E-state index >= 15 is 0 Å². The van der Waals surface area contributed by atoms with E-state index in [1.165, 1.54) is 0 Å². The molecule has 5 N–H and O–H groups in total. The van der Waals surface area contributed by atoms with E-state index < -0.39 is 5.41 Å². The van der Waals surface area contributed by atoms with Crippen molar-refractivity contribution in [3.8, 4) is 0 Å². The summed E-state index contributed by atoms with van der Waals surface area (Å²) >= 11 is 1.55. The zero-order chi connectivity index (χ0) is 13.3. The number of benzene rings is 1. The number of amides is 1. The number of nitrogens with zero attached hydrogens (tertiary/aromatic N) is 1. The molecule has 0 unspecified atom stereocenters. The summed E-state index contributed by atoms with van der Waals surface area (Å²) in [5, 5.41) is 3.16. The maximum atomic E-state index is 11.2. The lowest BCUT2D eigenvalue weighted by Gasteiger charge is -2.22. The summed E-state index contributed by atoms with van der Waals surface area (Å²) in [5.41, 5.74) is 14.7. The number of fused-ring (bicyclic) bond motifs is 1. The van der Waals surface area contributed by atoms with Gasteiger partial charge in [-0.05, 0) is 26.0 Å². The minimum atomic E-state index is -0.622. The Hall–Kier alpha value is -1.82. The van der Waals surface area contributed by atoms with Crippen LogP contribution < -0.4 is 16.8 Å². The number of carbonyl (C=O) groups is 1. The molecule has 0 aliphatic heterocycles. The number of carbonyl (C=O) groups excluding carboxylic acids is 1. The summed E-state index contributed by atoms with van der Waals surface area (Å²) in [4.78, 5) is 15.5. The Morgan fingerprint density at radius 2 is 2.22 bits per heavy atom. The molecule has 96 valence electrons. The van der Waals surface area contributed by atoms with Crippen LogP contribution in [0.15, 0.2) is 17.6 Å². The van der Waals surface area contributed by atoms with Crippen LogP contribution in [0.2, 0.25) is 0 Å². The van der Waals surface area contributed by atoms with Crippen molar-refractivity contribution >= 4 is 38.8 Å². The average Bonchev–Trinajstić information content (AvgIpc) is 2.77. The van der Waals surface area contributed by atoms with Gasteiger partial charge < -0.3 is 16.8 Å². The first-order valence-corrected chi connectivity index (χ1v) is 6.45. The molecule has 2 aromatic rings. The second-order valence-corrected chi connectivity index (χ2v) is 5.71. The van der Waals surface area contributed by atoms with Crippen molar-refractivity contribution in [3.63, 3.8) is 0 Å². The largest absolute Gasteiger partial charge is 0.395 e. The fourth-order valence-corrected chi connectivity index (χ4v) is 2.20. The van der Waals surface area contributed by atoms with Gasteiger partial charge in [0.2, 0.25) is 5.91 Å². The summed E-state index contributed by atoms with van der Waals surface area (Å²) in [6.45, 7) is 4.02. The predicted octanol–water partition coefficient (Wildman–Crippen LogP) is 1.80. The van der Waals surface area contributed by atoms with E-state index in [0.717, 1.165) is 15.9 Å². The van der Waals surface area contributed by atoms with Gasteiger partial charge in [0.25, 0.3) is 0 Å². The molecule has 0 aliphatic rings. The molecule has 6 heteroatoms. The number of anilines is 2. The van der Waals surface area contributed by atoms with Crippen LogP contribution in [-0.2, 0) is 4.79 Å². The molecule has 0 saturated heterocycles. The predicted molar refractivity (Wildman–Crippen MR) is 75.5 cm³/mol. The number of aromatic nitrogens is 1. The third kappa shape index (κ3) is 2.24. The second-order valence-electron chi connectivity index (χ2n) is 4.83. The number of thiazole rings is 1. The van der Waals surface area contributed by atoms with Gasteiger partial charge >= 0.3 is 0 Å². The Kier molecular flexibility index (Phi) is 3.13. The first-order chi connectivity index (χ1) is 8.42. The summed E-state index contributed by atoms with van der Waals surface area (Å²) < 4.78 is 1.05. The number of hydrogen-bond acceptors (Lipinski definition) is 5. The highest BCUT2D eigenvalue weighted by atomic mass is 32.1. The van der Waals surface area contributed by atoms with Gasteiger partial charge in [-0.2, -0.15) is 0 Å². The Morgan fingerprint density at radius 1 is 1.50 bits per heavy atom. The Morgan fingerprint density at radius 3 is 2.89 bits per heavy atom. The van der Waals surface area contributed by atoms with Gasteiger partial charge in [0.05, 0.1) is 27.0 Å². The van der Waals surface area contributed by atoms with Crippen LogP contribution in [0, 0.1) is 5.41 Å². The summed E-state index contributed by atoms with van der Waals surface area (Å²) in [7, 11) is 0. The van der Waals surface area contributed by atoms with E-state index in [4.69, 9.17) is 11.5 Å². The van der Waals surface area contributed by atoms with Crippen LogP contribution in [0.3, 0.4) is 0 Å². The quantitative estimate of drug-likeness (QED) is 0.734. The molecule has 18 heavy (non-hydrogen) atoms. The van der Waals surface area contributed by atoms with Crippen LogP contribution in [0.4, 0.5) is 11.4 Å². The minimum absolute atomic E-state index is 0.344. The number of rotatable bonds is 4. The van der Waals surface area contributed by atoms with Crippen molar-refractivity contribution < 1.29 is 4.79 Å². The summed E-state index contributed by atoms with van der Waals surface area (Å²) in [6.07, 6.45) is 0. The molecular weight excluding hydrogens is 248 g/mol. The van der Waals surface area contributed by atoms with Crippen molar-refractivity contribution in [2.45, 2.75) is 13.8 Å². The molecule has 0 aliphatic carbocycles. The number of nitrogen functional groups attached to an aromatic ring is 1. The Labute approximate surface area is 109 Å². The first kappa shape index (κ1) is 12.6. The molecular formula is C12H16N4OS. The van der Waals surface area contributed by atoms with Gasteiger partial charge in [0, 0.05) is 6.54 Å². The SMILES string of the molecule is CC(C)(CNc1ccc2scnc2c1N)C(N)=O. The first-order valence-electron chi connectivity index (χ1n) is 5.57. The maximum absolute atomic E-state index is 11.2. The lowest BCUT2D eigenvalue weighted by atomic mass is 9.92. The standard InChI is InChI=1S/C12H16N4OS/c1-12(2,11(14)17)5-15-7-3-4-8-10(9(7)13)16-6-18-8/h3-4,6,15H,5,13H2,1-2H3,(H2,14,17). The zero-order valence-electron chi connectivity index (χ0n) is 10.4. The van der Waals surface area contributed by atoms with Gasteiger partial charge in [-0.3, -0.25) is 4.79 Å². The van der Waals surface area contributed by atoms with E-state index in [9.17, 15) is 4.79 Å². The van der Waals surface area contributed by atoms with E-state index in [-0.39, 0.29) is 5.91 Å². The molecule has 1 amide bonds. The zero-order valence-corrected chi connectivity index (χ0v) is 11.2. The lowest BCUT2D eigenvalue weighted by molar-refractivity contribution is -0.125. The minimum Gasteiger partial charge on any atom is -0.395 e. The van der Waals surface area contributed by atoms with Gasteiger partial charge in [0.15, 0.2) is 0 Å². The Balaban J connectivity index is 2.22. The highest BCUT2D eigenvalue weighted by Gasteiger charge is 2.24. The molecule has 1 heterocycles.